The molecule has 0 radical (unpaired) electrons. The Kier molecular flexibility index (Phi) is 15.0. The maximum absolute atomic E-state index is 13.4. The second-order valence-electron chi connectivity index (χ2n) is 13.1. The lowest BCUT2D eigenvalue weighted by Crippen LogP contribution is -2.59. The summed E-state index contributed by atoms with van der Waals surface area (Å²) in [7, 11) is -4.77. The molecule has 3 aliphatic heterocycles. The number of nitrogens with two attached hydrogens (primary N) is 2. The van der Waals surface area contributed by atoms with Crippen LogP contribution in [0.2, 0.25) is 0 Å². The zero-order valence-electron chi connectivity index (χ0n) is 28.2. The van der Waals surface area contributed by atoms with Gasteiger partial charge in [-0.05, 0) is 46.1 Å². The summed E-state index contributed by atoms with van der Waals surface area (Å²) in [5, 5.41) is 41.7. The van der Waals surface area contributed by atoms with Crippen LogP contribution in [0.5, 0.6) is 0 Å². The zero-order valence-corrected chi connectivity index (χ0v) is 30.0. The van der Waals surface area contributed by atoms with Gasteiger partial charge in [-0.15, -0.1) is 0 Å². The van der Waals surface area contributed by atoms with E-state index in [1.807, 2.05) is 11.8 Å². The predicted octanol–water partition coefficient (Wildman–Crippen LogP) is -1.29. The summed E-state index contributed by atoms with van der Waals surface area (Å²) in [6.45, 7) is 5.66. The fourth-order valence-corrected chi connectivity index (χ4v) is 8.56. The molecule has 0 aromatic heterocycles. The van der Waals surface area contributed by atoms with E-state index >= 15 is 0 Å². The highest BCUT2D eigenvalue weighted by Crippen LogP contribution is 2.54. The number of guanidine groups is 1. The summed E-state index contributed by atoms with van der Waals surface area (Å²) in [5.74, 6) is -0.176. The van der Waals surface area contributed by atoms with Crippen molar-refractivity contribution in [1.82, 2.24) is 21.3 Å². The van der Waals surface area contributed by atoms with Crippen LogP contribution in [-0.4, -0.2) is 129 Å². The monoisotopic (exact) mass is 737 g/mol. The van der Waals surface area contributed by atoms with Crippen molar-refractivity contribution in [2.45, 2.75) is 119 Å². The van der Waals surface area contributed by atoms with Gasteiger partial charge in [0.2, 0.25) is 17.3 Å². The van der Waals surface area contributed by atoms with Crippen molar-refractivity contribution in [3.05, 3.63) is 11.6 Å². The molecule has 2 fully saturated rings. The molecule has 0 aliphatic carbocycles. The van der Waals surface area contributed by atoms with Crippen LogP contribution in [0.25, 0.3) is 0 Å². The minimum Gasteiger partial charge on any atom is -0.478 e. The second-order valence-corrected chi connectivity index (χ2v) is 16.0. The molecule has 0 bridgehead atoms. The Labute approximate surface area is 290 Å². The number of amides is 4. The number of unbranched alkanes of at least 4 members (excludes halogenated alkanes) is 1. The van der Waals surface area contributed by atoms with Crippen molar-refractivity contribution in [2.75, 3.05) is 25.5 Å². The fourth-order valence-electron chi connectivity index (χ4n) is 5.76. The molecule has 10 atom stereocenters. The van der Waals surface area contributed by atoms with Crippen LogP contribution in [0, 0.1) is 0 Å². The number of rotatable bonds is 19. The standard InChI is InChI=1S/C29H52N7O11PS/c1-15(13-45-29(3,4)9-10-32-21(40)8-6-5-7-20-23-18(14-49-20)35-28(42)36-23)47-48(43,44)22-11-17(34-27(30)31)24(33-16(2)38)26(46-22)25(41)19(39)12-37/h11,15,17-20,23-26,37,39,41H,5-10,12-14H2,1-4H3,(H,32,40)(H,33,38)(H,43,44)(H4,30,31,34)(H2,35,36,42)/t15?,17-,18-,19+,20-,23-,24+,25+,26+/m0/s1. The van der Waals surface area contributed by atoms with E-state index in [2.05, 4.69) is 26.3 Å². The Hall–Kier alpha value is -2.64. The SMILES string of the molecule is CC(=O)N[C@H]1[C@H]([C@H](O)[C@H](O)CO)OC(P(=O)(O)OC(C)COC(C)(C)CCNC(=O)CCCC[C@@H]2SC[C@@H]3NC(=O)N[C@@H]32)=C[C@@H]1N=C(N)N. The largest absolute Gasteiger partial charge is 0.478 e. The van der Waals surface area contributed by atoms with E-state index in [9.17, 15) is 39.2 Å². The van der Waals surface area contributed by atoms with Crippen molar-refractivity contribution in [1.29, 1.82) is 0 Å². The van der Waals surface area contributed by atoms with Crippen molar-refractivity contribution in [3.63, 3.8) is 0 Å². The van der Waals surface area contributed by atoms with E-state index in [1.54, 1.807) is 13.8 Å². The Morgan fingerprint density at radius 1 is 1.27 bits per heavy atom. The lowest BCUT2D eigenvalue weighted by atomic mass is 9.93. The number of ether oxygens (including phenoxy) is 2. The Morgan fingerprint density at radius 3 is 2.63 bits per heavy atom. The number of nitrogens with one attached hydrogen (secondary N) is 4. The first-order chi connectivity index (χ1) is 22.9. The average Bonchev–Trinajstić information content (AvgIpc) is 3.56. The van der Waals surface area contributed by atoms with Gasteiger partial charge in [0.1, 0.15) is 12.2 Å². The Morgan fingerprint density at radius 2 is 1.98 bits per heavy atom. The van der Waals surface area contributed by atoms with Crippen molar-refractivity contribution in [3.8, 4) is 0 Å². The van der Waals surface area contributed by atoms with E-state index in [1.165, 1.54) is 13.8 Å². The smallest absolute Gasteiger partial charge is 0.393 e. The number of aliphatic hydroxyl groups excluding tert-OH is 3. The molecule has 0 spiro atoms. The first kappa shape index (κ1) is 40.8. The molecule has 49 heavy (non-hydrogen) atoms. The summed E-state index contributed by atoms with van der Waals surface area (Å²) in [6.07, 6.45) is -1.62. The van der Waals surface area contributed by atoms with E-state index in [0.29, 0.717) is 24.6 Å². The van der Waals surface area contributed by atoms with Crippen molar-refractivity contribution >= 4 is 43.2 Å². The third kappa shape index (κ3) is 12.3. The average molecular weight is 738 g/mol. The molecule has 18 nitrogen and oxygen atoms in total. The topological polar surface area (TPSA) is 289 Å². The molecule has 3 heterocycles. The summed E-state index contributed by atoms with van der Waals surface area (Å²) < 4.78 is 30.3. The normalized spacial score (nSPS) is 28.0. The minimum absolute atomic E-state index is 0.0723. The van der Waals surface area contributed by atoms with Crippen molar-refractivity contribution < 1.29 is 53.2 Å². The number of fused-ring (bicyclic) bond motifs is 1. The molecule has 280 valence electrons. The summed E-state index contributed by atoms with van der Waals surface area (Å²) in [6, 6.07) is -2.19. The van der Waals surface area contributed by atoms with Gasteiger partial charge in [-0.1, -0.05) is 6.42 Å². The summed E-state index contributed by atoms with van der Waals surface area (Å²) in [4.78, 5) is 50.7. The third-order valence-electron chi connectivity index (χ3n) is 8.32. The number of aliphatic hydroxyl groups is 3. The lowest BCUT2D eigenvalue weighted by molar-refractivity contribution is -0.126. The van der Waals surface area contributed by atoms with Crippen LogP contribution in [0.15, 0.2) is 16.6 Å². The molecule has 0 saturated carbocycles. The summed E-state index contributed by atoms with van der Waals surface area (Å²) >= 11 is 1.85. The first-order valence-corrected chi connectivity index (χ1v) is 18.9. The van der Waals surface area contributed by atoms with E-state index < -0.39 is 73.7 Å². The molecule has 4 amide bonds. The van der Waals surface area contributed by atoms with Gasteiger partial charge in [-0.25, -0.2) is 9.79 Å². The molecular weight excluding hydrogens is 685 g/mol. The lowest BCUT2D eigenvalue weighted by Gasteiger charge is -2.40. The van der Waals surface area contributed by atoms with Crippen LogP contribution in [0.1, 0.15) is 59.8 Å². The van der Waals surface area contributed by atoms with Gasteiger partial charge in [0.15, 0.2) is 12.1 Å². The third-order valence-corrected chi connectivity index (χ3v) is 11.3. The van der Waals surface area contributed by atoms with Crippen LogP contribution >= 0.6 is 19.4 Å². The Balaban J connectivity index is 1.47. The number of nitrogens with zero attached hydrogens (tertiary/aromatic N) is 1. The number of urea groups is 1. The summed E-state index contributed by atoms with van der Waals surface area (Å²) in [5.41, 5.74) is 9.69. The number of carbonyl (C=O) groups excluding carboxylic acids is 3. The van der Waals surface area contributed by atoms with Crippen LogP contribution in [0.3, 0.4) is 0 Å². The highest BCUT2D eigenvalue weighted by molar-refractivity contribution is 8.00. The van der Waals surface area contributed by atoms with Crippen LogP contribution in [-0.2, 0) is 28.2 Å². The molecule has 20 heteroatoms. The van der Waals surface area contributed by atoms with Crippen molar-refractivity contribution in [2.24, 2.45) is 16.5 Å². The maximum Gasteiger partial charge on any atom is 0.393 e. The van der Waals surface area contributed by atoms with E-state index in [-0.39, 0.29) is 30.6 Å². The quantitative estimate of drug-likeness (QED) is 0.0243. The van der Waals surface area contributed by atoms with Gasteiger partial charge in [0, 0.05) is 30.9 Å². The predicted molar refractivity (Wildman–Crippen MR) is 181 cm³/mol. The molecule has 0 aromatic carbocycles. The minimum atomic E-state index is -4.77. The van der Waals surface area contributed by atoms with Gasteiger partial charge in [-0.3, -0.25) is 18.7 Å². The fraction of sp³-hybridized carbons (Fsp3) is 0.793. The molecule has 2 saturated heterocycles. The van der Waals surface area contributed by atoms with Gasteiger partial charge in [0.05, 0.1) is 49.1 Å². The number of carbonyl (C=O) groups is 3. The van der Waals surface area contributed by atoms with Gasteiger partial charge < -0.3 is 62.4 Å². The van der Waals surface area contributed by atoms with Crippen LogP contribution < -0.4 is 32.7 Å². The molecule has 0 aromatic rings. The zero-order chi connectivity index (χ0) is 36.5. The van der Waals surface area contributed by atoms with E-state index in [4.69, 9.17) is 25.5 Å². The number of thioether (sulfide) groups is 1. The maximum atomic E-state index is 13.4. The number of hydrogen-bond donors (Lipinski definition) is 10. The Bertz CT molecular complexity index is 1270. The molecule has 2 unspecified atom stereocenters. The van der Waals surface area contributed by atoms with Gasteiger partial charge in [-0.2, -0.15) is 11.8 Å². The number of aliphatic imine (C=N–C) groups is 1. The number of hydrogen-bond acceptors (Lipinski definition) is 12. The highest BCUT2D eigenvalue weighted by Gasteiger charge is 2.47. The first-order valence-electron chi connectivity index (χ1n) is 16.2. The van der Waals surface area contributed by atoms with Gasteiger partial charge >= 0.3 is 13.6 Å². The van der Waals surface area contributed by atoms with Crippen LogP contribution in [0.4, 0.5) is 4.79 Å². The van der Waals surface area contributed by atoms with E-state index in [0.717, 1.165) is 31.1 Å². The molecule has 12 N–H and O–H groups in total. The van der Waals surface area contributed by atoms with Gasteiger partial charge in [0.25, 0.3) is 0 Å². The molecule has 3 aliphatic rings. The highest BCUT2D eigenvalue weighted by atomic mass is 32.2. The molecular formula is C29H52N7O11PS. The molecule has 3 rings (SSSR count). The second kappa shape index (κ2) is 18.0.